The second-order valence-electron chi connectivity index (χ2n) is 7.77. The van der Waals surface area contributed by atoms with Gasteiger partial charge in [-0.3, -0.25) is 4.79 Å². The summed E-state index contributed by atoms with van der Waals surface area (Å²) in [7, 11) is 3.14. The number of hydrogen-bond acceptors (Lipinski definition) is 4. The monoisotopic (exact) mass is 373 g/mol. The predicted molar refractivity (Wildman–Crippen MR) is 101 cm³/mol. The van der Waals surface area contributed by atoms with Gasteiger partial charge in [-0.15, -0.1) is 0 Å². The van der Waals surface area contributed by atoms with Crippen LogP contribution in [0, 0.1) is 11.8 Å². The number of benzene rings is 1. The Balaban J connectivity index is 1.45. The van der Waals surface area contributed by atoms with E-state index in [1.54, 1.807) is 37.3 Å². The number of anilines is 1. The van der Waals surface area contributed by atoms with Crippen molar-refractivity contribution in [2.24, 2.45) is 11.8 Å². The molecule has 146 valence electrons. The number of rotatable bonds is 5. The van der Waals surface area contributed by atoms with Crippen LogP contribution in [-0.4, -0.2) is 61.6 Å². The van der Waals surface area contributed by atoms with E-state index in [0.717, 1.165) is 19.4 Å². The Morgan fingerprint density at radius 1 is 1.11 bits per heavy atom. The Labute approximate surface area is 159 Å². The van der Waals surface area contributed by atoms with Crippen LogP contribution in [0.5, 0.6) is 11.5 Å². The SMILES string of the molecule is COc1ccc(NC(=O)N2C[C@H]3CC[C@@H](C2)N(CC2CC2)C3=O)cc1OC. The lowest BCUT2D eigenvalue weighted by atomic mass is 9.94. The lowest BCUT2D eigenvalue weighted by Crippen LogP contribution is -2.49. The normalized spacial score (nSPS) is 24.6. The maximum atomic E-state index is 12.9. The summed E-state index contributed by atoms with van der Waals surface area (Å²) < 4.78 is 10.5. The molecule has 2 bridgehead atoms. The van der Waals surface area contributed by atoms with Gasteiger partial charge in [0.2, 0.25) is 5.91 Å². The van der Waals surface area contributed by atoms with E-state index in [2.05, 4.69) is 10.2 Å². The number of hydrogen-bond donors (Lipinski definition) is 1. The second-order valence-corrected chi connectivity index (χ2v) is 7.77. The highest BCUT2D eigenvalue weighted by molar-refractivity contribution is 5.91. The van der Waals surface area contributed by atoms with Gasteiger partial charge in [-0.05, 0) is 43.7 Å². The number of methoxy groups -OCH3 is 2. The van der Waals surface area contributed by atoms with Crippen molar-refractivity contribution in [3.05, 3.63) is 18.2 Å². The van der Waals surface area contributed by atoms with Crippen LogP contribution in [0.2, 0.25) is 0 Å². The lowest BCUT2D eigenvalue weighted by molar-refractivity contribution is -0.140. The molecule has 5 rings (SSSR count). The number of ether oxygens (including phenoxy) is 2. The van der Waals surface area contributed by atoms with E-state index in [1.165, 1.54) is 12.8 Å². The summed E-state index contributed by atoms with van der Waals surface area (Å²) in [6, 6.07) is 5.28. The third-order valence-corrected chi connectivity index (χ3v) is 5.87. The molecule has 7 nitrogen and oxygen atoms in total. The summed E-state index contributed by atoms with van der Waals surface area (Å²) in [5.41, 5.74) is 0.649. The van der Waals surface area contributed by atoms with Crippen LogP contribution in [0.4, 0.5) is 10.5 Å². The zero-order valence-electron chi connectivity index (χ0n) is 15.9. The van der Waals surface area contributed by atoms with Gasteiger partial charge in [-0.2, -0.15) is 0 Å². The first-order valence-corrected chi connectivity index (χ1v) is 9.67. The zero-order valence-corrected chi connectivity index (χ0v) is 15.9. The summed E-state index contributed by atoms with van der Waals surface area (Å²) >= 11 is 0. The molecule has 4 fully saturated rings. The van der Waals surface area contributed by atoms with Crippen molar-refractivity contribution in [3.8, 4) is 11.5 Å². The van der Waals surface area contributed by atoms with Crippen LogP contribution >= 0.6 is 0 Å². The number of nitrogens with one attached hydrogen (secondary N) is 1. The highest BCUT2D eigenvalue weighted by Gasteiger charge is 2.43. The van der Waals surface area contributed by atoms with E-state index in [1.807, 2.05) is 0 Å². The van der Waals surface area contributed by atoms with Crippen LogP contribution in [0.25, 0.3) is 0 Å². The number of piperidine rings is 1. The highest BCUT2D eigenvalue weighted by atomic mass is 16.5. The molecule has 1 aromatic rings. The Hall–Kier alpha value is -2.44. The molecule has 1 aromatic carbocycles. The van der Waals surface area contributed by atoms with Gasteiger partial charge in [-0.1, -0.05) is 0 Å². The second kappa shape index (κ2) is 7.29. The van der Waals surface area contributed by atoms with Gasteiger partial charge in [0.15, 0.2) is 11.5 Å². The molecular formula is C20H27N3O4. The van der Waals surface area contributed by atoms with Crippen molar-refractivity contribution >= 4 is 17.6 Å². The van der Waals surface area contributed by atoms with Crippen molar-refractivity contribution in [2.45, 2.75) is 31.7 Å². The number of carbonyl (C=O) groups is 2. The Morgan fingerprint density at radius 3 is 2.59 bits per heavy atom. The Kier molecular flexibility index (Phi) is 4.85. The molecule has 1 N–H and O–H groups in total. The van der Waals surface area contributed by atoms with Gasteiger partial charge >= 0.3 is 6.03 Å². The maximum Gasteiger partial charge on any atom is 0.321 e. The van der Waals surface area contributed by atoms with E-state index in [-0.39, 0.29) is 23.9 Å². The number of urea groups is 1. The molecule has 3 heterocycles. The molecule has 0 spiro atoms. The summed E-state index contributed by atoms with van der Waals surface area (Å²) in [5.74, 6) is 2.02. The minimum atomic E-state index is -0.166. The van der Waals surface area contributed by atoms with Crippen LogP contribution in [-0.2, 0) is 4.79 Å². The molecule has 3 aliphatic heterocycles. The zero-order chi connectivity index (χ0) is 19.0. The van der Waals surface area contributed by atoms with E-state index < -0.39 is 0 Å². The molecule has 27 heavy (non-hydrogen) atoms. The van der Waals surface area contributed by atoms with Crippen molar-refractivity contribution in [2.75, 3.05) is 39.2 Å². The van der Waals surface area contributed by atoms with E-state index in [0.29, 0.717) is 36.2 Å². The predicted octanol–water partition coefficient (Wildman–Crippen LogP) is 2.57. The largest absolute Gasteiger partial charge is 0.493 e. The van der Waals surface area contributed by atoms with Gasteiger partial charge in [0, 0.05) is 37.4 Å². The fraction of sp³-hybridized carbons (Fsp3) is 0.600. The number of carbonyl (C=O) groups excluding carboxylic acids is 2. The molecule has 3 saturated heterocycles. The first-order valence-electron chi connectivity index (χ1n) is 9.67. The van der Waals surface area contributed by atoms with Crippen LogP contribution in [0.3, 0.4) is 0 Å². The van der Waals surface area contributed by atoms with Crippen molar-refractivity contribution in [1.29, 1.82) is 0 Å². The third kappa shape index (κ3) is 3.68. The van der Waals surface area contributed by atoms with E-state index >= 15 is 0 Å². The number of fused-ring (bicyclic) bond motifs is 4. The van der Waals surface area contributed by atoms with Crippen molar-refractivity contribution in [3.63, 3.8) is 0 Å². The fourth-order valence-corrected chi connectivity index (χ4v) is 4.14. The van der Waals surface area contributed by atoms with Gasteiger partial charge in [0.1, 0.15) is 0 Å². The molecule has 1 aliphatic carbocycles. The van der Waals surface area contributed by atoms with Crippen LogP contribution in [0.15, 0.2) is 18.2 Å². The molecular weight excluding hydrogens is 346 g/mol. The summed E-state index contributed by atoms with van der Waals surface area (Å²) in [5, 5.41) is 2.94. The molecule has 3 amide bonds. The summed E-state index contributed by atoms with van der Waals surface area (Å²) in [6.07, 6.45) is 4.32. The average Bonchev–Trinajstić information content (AvgIpc) is 3.51. The molecule has 2 atom stereocenters. The minimum Gasteiger partial charge on any atom is -0.493 e. The first kappa shape index (κ1) is 17.9. The highest BCUT2D eigenvalue weighted by Crippen LogP contribution is 2.36. The van der Waals surface area contributed by atoms with Crippen molar-refractivity contribution < 1.29 is 19.1 Å². The quantitative estimate of drug-likeness (QED) is 0.861. The van der Waals surface area contributed by atoms with Gasteiger partial charge in [0.25, 0.3) is 0 Å². The third-order valence-electron chi connectivity index (χ3n) is 5.87. The topological polar surface area (TPSA) is 71.1 Å². The Bertz CT molecular complexity index is 734. The number of amides is 3. The van der Waals surface area contributed by atoms with Gasteiger partial charge in [-0.25, -0.2) is 4.79 Å². The molecule has 4 aliphatic rings. The van der Waals surface area contributed by atoms with Crippen molar-refractivity contribution in [1.82, 2.24) is 9.80 Å². The number of nitrogens with zero attached hydrogens (tertiary/aromatic N) is 2. The smallest absolute Gasteiger partial charge is 0.321 e. The van der Waals surface area contributed by atoms with Gasteiger partial charge in [0.05, 0.1) is 20.1 Å². The molecule has 0 unspecified atom stereocenters. The van der Waals surface area contributed by atoms with Crippen LogP contribution < -0.4 is 14.8 Å². The molecule has 1 saturated carbocycles. The Morgan fingerprint density at radius 2 is 1.89 bits per heavy atom. The maximum absolute atomic E-state index is 12.9. The average molecular weight is 373 g/mol. The first-order chi connectivity index (χ1) is 13.1. The summed E-state index contributed by atoms with van der Waals surface area (Å²) in [4.78, 5) is 29.5. The molecule has 7 heteroatoms. The van der Waals surface area contributed by atoms with Crippen LogP contribution in [0.1, 0.15) is 25.7 Å². The molecule has 0 radical (unpaired) electrons. The standard InChI is InChI=1S/C20H27N3O4/c1-26-17-8-6-15(9-18(17)27-2)21-20(25)22-11-14-5-7-16(12-22)23(19(14)24)10-13-3-4-13/h6,8-9,13-14,16H,3-5,7,10-12H2,1-2H3,(H,21,25)/t14-,16+/m1/s1. The molecule has 0 aromatic heterocycles. The lowest BCUT2D eigenvalue weighted by Gasteiger charge is -2.36. The van der Waals surface area contributed by atoms with Gasteiger partial charge < -0.3 is 24.6 Å². The van der Waals surface area contributed by atoms with E-state index in [9.17, 15) is 9.59 Å². The fourth-order valence-electron chi connectivity index (χ4n) is 4.14. The minimum absolute atomic E-state index is 0.0707. The van der Waals surface area contributed by atoms with E-state index in [4.69, 9.17) is 9.47 Å². The summed E-state index contributed by atoms with van der Waals surface area (Å²) in [6.45, 7) is 1.97.